The quantitative estimate of drug-likeness (QED) is 0.375. The van der Waals surface area contributed by atoms with E-state index in [4.69, 9.17) is 0 Å². The van der Waals surface area contributed by atoms with Gasteiger partial charge in [0.25, 0.3) is 5.91 Å². The summed E-state index contributed by atoms with van der Waals surface area (Å²) in [7, 11) is 1.79. The SMILES string of the molecule is Cn1cccc1C(=O)Nc1ccc(-c2cc(C3CCC3)n(C(=O)NCc3ccccc3)n2)c(O)c1. The van der Waals surface area contributed by atoms with Crippen LogP contribution in [0.2, 0.25) is 0 Å². The molecule has 0 aliphatic heterocycles. The van der Waals surface area contributed by atoms with E-state index in [9.17, 15) is 14.7 Å². The van der Waals surface area contributed by atoms with Gasteiger partial charge in [-0.25, -0.2) is 4.79 Å². The van der Waals surface area contributed by atoms with Crippen LogP contribution in [0.5, 0.6) is 5.75 Å². The first kappa shape index (κ1) is 22.5. The zero-order chi connectivity index (χ0) is 24.4. The van der Waals surface area contributed by atoms with Crippen molar-refractivity contribution < 1.29 is 14.7 Å². The number of hydrogen-bond donors (Lipinski definition) is 3. The van der Waals surface area contributed by atoms with Crippen LogP contribution in [0, 0.1) is 0 Å². The van der Waals surface area contributed by atoms with Gasteiger partial charge >= 0.3 is 6.03 Å². The first-order valence-electron chi connectivity index (χ1n) is 11.7. The van der Waals surface area contributed by atoms with Crippen LogP contribution in [-0.2, 0) is 13.6 Å². The topological polar surface area (TPSA) is 101 Å². The predicted octanol–water partition coefficient (Wildman–Crippen LogP) is 4.87. The molecule has 2 amide bonds. The van der Waals surface area contributed by atoms with E-state index in [1.165, 1.54) is 10.7 Å². The summed E-state index contributed by atoms with van der Waals surface area (Å²) in [6.07, 6.45) is 4.93. The third-order valence-electron chi connectivity index (χ3n) is 6.45. The summed E-state index contributed by atoms with van der Waals surface area (Å²) in [4.78, 5) is 25.5. The number of phenols is 1. The molecule has 4 aromatic rings. The molecule has 2 heterocycles. The van der Waals surface area contributed by atoms with Gasteiger partial charge in [0.15, 0.2) is 0 Å². The molecular formula is C27H27N5O3. The number of nitrogens with zero attached hydrogens (tertiary/aromatic N) is 3. The zero-order valence-corrected chi connectivity index (χ0v) is 19.4. The predicted molar refractivity (Wildman–Crippen MR) is 133 cm³/mol. The molecule has 8 heteroatoms. The average molecular weight is 470 g/mol. The molecule has 178 valence electrons. The van der Waals surface area contributed by atoms with Crippen LogP contribution in [0.3, 0.4) is 0 Å². The summed E-state index contributed by atoms with van der Waals surface area (Å²) in [6.45, 7) is 0.403. The Morgan fingerprint density at radius 1 is 1.06 bits per heavy atom. The second kappa shape index (κ2) is 9.50. The largest absolute Gasteiger partial charge is 0.507 e. The first-order chi connectivity index (χ1) is 17.0. The molecule has 1 aliphatic rings. The highest BCUT2D eigenvalue weighted by molar-refractivity contribution is 6.03. The molecule has 5 rings (SSSR count). The van der Waals surface area contributed by atoms with E-state index in [0.29, 0.717) is 29.2 Å². The Bertz CT molecular complexity index is 1370. The number of carbonyl (C=O) groups is 2. The smallest absolute Gasteiger partial charge is 0.342 e. The van der Waals surface area contributed by atoms with Crippen molar-refractivity contribution in [2.24, 2.45) is 7.05 Å². The number of amides is 2. The summed E-state index contributed by atoms with van der Waals surface area (Å²) < 4.78 is 3.15. The van der Waals surface area contributed by atoms with Gasteiger partial charge in [-0.1, -0.05) is 36.8 Å². The van der Waals surface area contributed by atoms with Crippen LogP contribution in [-0.4, -0.2) is 31.4 Å². The van der Waals surface area contributed by atoms with E-state index >= 15 is 0 Å². The van der Waals surface area contributed by atoms with Gasteiger partial charge in [0, 0.05) is 43.0 Å². The highest BCUT2D eigenvalue weighted by Gasteiger charge is 2.27. The molecule has 0 radical (unpaired) electrons. The lowest BCUT2D eigenvalue weighted by atomic mass is 9.82. The van der Waals surface area contributed by atoms with Gasteiger partial charge in [-0.3, -0.25) is 4.79 Å². The maximum absolute atomic E-state index is 13.0. The van der Waals surface area contributed by atoms with Crippen LogP contribution in [0.4, 0.5) is 10.5 Å². The molecule has 2 aromatic carbocycles. The van der Waals surface area contributed by atoms with E-state index in [1.54, 1.807) is 42.1 Å². The second-order valence-corrected chi connectivity index (χ2v) is 8.83. The third kappa shape index (κ3) is 4.68. The van der Waals surface area contributed by atoms with Crippen molar-refractivity contribution in [3.8, 4) is 17.0 Å². The van der Waals surface area contributed by atoms with Gasteiger partial charge in [-0.2, -0.15) is 9.78 Å². The minimum Gasteiger partial charge on any atom is -0.507 e. The molecule has 0 unspecified atom stereocenters. The summed E-state index contributed by atoms with van der Waals surface area (Å²) in [6, 6.07) is 19.7. The molecular weight excluding hydrogens is 442 g/mol. The molecule has 1 fully saturated rings. The van der Waals surface area contributed by atoms with E-state index in [1.807, 2.05) is 36.4 Å². The summed E-state index contributed by atoms with van der Waals surface area (Å²) >= 11 is 0. The van der Waals surface area contributed by atoms with Gasteiger partial charge in [-0.15, -0.1) is 0 Å². The molecule has 1 aliphatic carbocycles. The first-order valence-corrected chi connectivity index (χ1v) is 11.7. The molecule has 0 bridgehead atoms. The monoisotopic (exact) mass is 469 g/mol. The van der Waals surface area contributed by atoms with E-state index in [2.05, 4.69) is 15.7 Å². The number of hydrogen-bond acceptors (Lipinski definition) is 4. The molecule has 1 saturated carbocycles. The number of aromatic hydroxyl groups is 1. The Morgan fingerprint density at radius 3 is 2.51 bits per heavy atom. The number of anilines is 1. The lowest BCUT2D eigenvalue weighted by Crippen LogP contribution is -2.31. The Morgan fingerprint density at radius 2 is 1.86 bits per heavy atom. The molecule has 3 N–H and O–H groups in total. The minimum absolute atomic E-state index is 0.0239. The summed E-state index contributed by atoms with van der Waals surface area (Å²) in [5.41, 5.74) is 3.84. The number of aryl methyl sites for hydroxylation is 1. The van der Waals surface area contributed by atoms with Crippen LogP contribution in [0.1, 0.15) is 46.9 Å². The normalized spacial score (nSPS) is 13.3. The molecule has 8 nitrogen and oxygen atoms in total. The van der Waals surface area contributed by atoms with Gasteiger partial charge < -0.3 is 20.3 Å². The Hall–Kier alpha value is -4.33. The number of benzene rings is 2. The van der Waals surface area contributed by atoms with Crippen LogP contribution in [0.25, 0.3) is 11.3 Å². The number of rotatable bonds is 6. The zero-order valence-electron chi connectivity index (χ0n) is 19.4. The number of phenolic OH excluding ortho intramolecular Hbond substituents is 1. The van der Waals surface area contributed by atoms with Crippen molar-refractivity contribution in [1.29, 1.82) is 0 Å². The van der Waals surface area contributed by atoms with Gasteiger partial charge in [0.05, 0.1) is 11.4 Å². The molecule has 0 saturated heterocycles. The van der Waals surface area contributed by atoms with Crippen molar-refractivity contribution >= 4 is 17.6 Å². The number of nitrogens with one attached hydrogen (secondary N) is 2. The summed E-state index contributed by atoms with van der Waals surface area (Å²) in [5.74, 6) is -0.0230. The Kier molecular flexibility index (Phi) is 6.10. The molecule has 2 aromatic heterocycles. The van der Waals surface area contributed by atoms with Crippen LogP contribution in [0.15, 0.2) is 72.9 Å². The van der Waals surface area contributed by atoms with Crippen molar-refractivity contribution in [1.82, 2.24) is 19.7 Å². The van der Waals surface area contributed by atoms with Gasteiger partial charge in [0.2, 0.25) is 0 Å². The van der Waals surface area contributed by atoms with Gasteiger partial charge in [0.1, 0.15) is 11.4 Å². The molecule has 0 atom stereocenters. The highest BCUT2D eigenvalue weighted by atomic mass is 16.3. The average Bonchev–Trinajstić information content (AvgIpc) is 3.44. The standard InChI is InChI=1S/C27H27N5O3/c1-31-14-6-11-23(31)26(34)29-20-12-13-21(25(33)15-20)22-16-24(19-9-5-10-19)32(30-22)27(35)28-17-18-7-3-2-4-8-18/h2-4,6-8,11-16,19,33H,5,9-10,17H2,1H3,(H,28,35)(H,29,34). The maximum Gasteiger partial charge on any atom is 0.342 e. The molecule has 0 spiro atoms. The lowest BCUT2D eigenvalue weighted by Gasteiger charge is -2.25. The number of carbonyl (C=O) groups excluding carboxylic acids is 2. The fourth-order valence-corrected chi connectivity index (χ4v) is 4.25. The maximum atomic E-state index is 13.0. The van der Waals surface area contributed by atoms with Gasteiger partial charge in [-0.05, 0) is 48.7 Å². The Labute approximate surface area is 203 Å². The fourth-order valence-electron chi connectivity index (χ4n) is 4.25. The minimum atomic E-state index is -0.298. The van der Waals surface area contributed by atoms with Crippen LogP contribution >= 0.6 is 0 Å². The van der Waals surface area contributed by atoms with Crippen molar-refractivity contribution in [2.75, 3.05) is 5.32 Å². The third-order valence-corrected chi connectivity index (χ3v) is 6.45. The van der Waals surface area contributed by atoms with Crippen LogP contribution < -0.4 is 10.6 Å². The lowest BCUT2D eigenvalue weighted by molar-refractivity contribution is 0.101. The summed E-state index contributed by atoms with van der Waals surface area (Å²) in [5, 5.41) is 21.0. The fraction of sp³-hybridized carbons (Fsp3) is 0.222. The van der Waals surface area contributed by atoms with Crippen molar-refractivity contribution in [3.05, 3.63) is 89.9 Å². The van der Waals surface area contributed by atoms with E-state index in [0.717, 1.165) is 30.5 Å². The van der Waals surface area contributed by atoms with Crippen molar-refractivity contribution in [3.63, 3.8) is 0 Å². The Balaban J connectivity index is 1.37. The molecule has 35 heavy (non-hydrogen) atoms. The van der Waals surface area contributed by atoms with E-state index < -0.39 is 0 Å². The highest BCUT2D eigenvalue weighted by Crippen LogP contribution is 2.39. The second-order valence-electron chi connectivity index (χ2n) is 8.83. The number of aromatic nitrogens is 3. The van der Waals surface area contributed by atoms with E-state index in [-0.39, 0.29) is 23.6 Å². The van der Waals surface area contributed by atoms with Crippen molar-refractivity contribution in [2.45, 2.75) is 31.7 Å².